The van der Waals surface area contributed by atoms with E-state index in [9.17, 15) is 22.0 Å². The maximum absolute atomic E-state index is 13.7. The lowest BCUT2D eigenvalue weighted by Crippen LogP contribution is -2.20. The zero-order valence-corrected chi connectivity index (χ0v) is 15.3. The van der Waals surface area contributed by atoms with Gasteiger partial charge in [-0.3, -0.25) is 4.79 Å². The van der Waals surface area contributed by atoms with Gasteiger partial charge in [0.25, 0.3) is 0 Å². The fourth-order valence-corrected chi connectivity index (χ4v) is 4.62. The molecule has 0 fully saturated rings. The number of nitrogens with zero attached hydrogens (tertiary/aromatic N) is 1. The molecule has 0 saturated carbocycles. The molecule has 3 aromatic rings. The highest BCUT2D eigenvalue weighted by Crippen LogP contribution is 2.25. The number of sulfone groups is 1. The molecular weight excluding hydrogens is 360 g/mol. The minimum Gasteiger partial charge on any atom is -0.346 e. The molecule has 0 radical (unpaired) electrons. The Labute approximate surface area is 149 Å². The molecule has 0 bridgehead atoms. The van der Waals surface area contributed by atoms with Gasteiger partial charge in [-0.1, -0.05) is 12.1 Å². The SMILES string of the molecule is CCn1cc(S(=O)(=O)c2cc(C)ccc2C)c(=O)c2cc(F)c(F)cc21. The average Bonchev–Trinajstić information content (AvgIpc) is 2.59. The fraction of sp³-hybridized carbons (Fsp3) is 0.211. The van der Waals surface area contributed by atoms with Gasteiger partial charge in [0.1, 0.15) is 4.90 Å². The number of halogens is 2. The van der Waals surface area contributed by atoms with Gasteiger partial charge < -0.3 is 4.57 Å². The molecular formula is C19H17F2NO3S. The number of benzene rings is 2. The van der Waals surface area contributed by atoms with E-state index < -0.39 is 31.8 Å². The lowest BCUT2D eigenvalue weighted by Gasteiger charge is -2.14. The Balaban J connectivity index is 2.42. The smallest absolute Gasteiger partial charge is 0.212 e. The first-order chi connectivity index (χ1) is 12.2. The largest absolute Gasteiger partial charge is 0.346 e. The molecule has 1 aromatic heterocycles. The monoisotopic (exact) mass is 377 g/mol. The summed E-state index contributed by atoms with van der Waals surface area (Å²) < 4.78 is 54.9. The summed E-state index contributed by atoms with van der Waals surface area (Å²) in [4.78, 5) is 12.4. The molecule has 0 aliphatic heterocycles. The first-order valence-corrected chi connectivity index (χ1v) is 9.49. The van der Waals surface area contributed by atoms with E-state index in [1.54, 1.807) is 32.9 Å². The average molecular weight is 377 g/mol. The van der Waals surface area contributed by atoms with Crippen molar-refractivity contribution in [3.63, 3.8) is 0 Å². The van der Waals surface area contributed by atoms with Gasteiger partial charge >= 0.3 is 0 Å². The second kappa shape index (κ2) is 6.32. The van der Waals surface area contributed by atoms with Gasteiger partial charge in [0.2, 0.25) is 15.3 Å². The Bertz CT molecular complexity index is 1200. The summed E-state index contributed by atoms with van der Waals surface area (Å²) in [5, 5.41) is -0.169. The molecule has 1 heterocycles. The number of fused-ring (bicyclic) bond motifs is 1. The van der Waals surface area contributed by atoms with Crippen LogP contribution in [-0.2, 0) is 16.4 Å². The van der Waals surface area contributed by atoms with E-state index in [0.717, 1.165) is 17.7 Å². The van der Waals surface area contributed by atoms with Crippen LogP contribution in [-0.4, -0.2) is 13.0 Å². The normalized spacial score (nSPS) is 11.9. The van der Waals surface area contributed by atoms with E-state index in [4.69, 9.17) is 0 Å². The summed E-state index contributed by atoms with van der Waals surface area (Å²) in [7, 11) is -4.12. The second-order valence-electron chi connectivity index (χ2n) is 6.16. The Hall–Kier alpha value is -2.54. The molecule has 136 valence electrons. The molecule has 0 N–H and O–H groups in total. The minimum absolute atomic E-state index is 0.0270. The van der Waals surface area contributed by atoms with Crippen LogP contribution >= 0.6 is 0 Å². The number of rotatable bonds is 3. The van der Waals surface area contributed by atoms with Gasteiger partial charge in [-0.2, -0.15) is 0 Å². The molecule has 26 heavy (non-hydrogen) atoms. The number of hydrogen-bond acceptors (Lipinski definition) is 3. The molecule has 0 spiro atoms. The molecule has 0 amide bonds. The lowest BCUT2D eigenvalue weighted by molar-refractivity contribution is 0.510. The van der Waals surface area contributed by atoms with Gasteiger partial charge in [-0.25, -0.2) is 17.2 Å². The molecule has 0 aliphatic carbocycles. The van der Waals surface area contributed by atoms with E-state index in [-0.39, 0.29) is 22.3 Å². The van der Waals surface area contributed by atoms with Gasteiger partial charge in [-0.15, -0.1) is 0 Å². The van der Waals surface area contributed by atoms with Crippen molar-refractivity contribution in [1.82, 2.24) is 4.57 Å². The van der Waals surface area contributed by atoms with Crippen molar-refractivity contribution in [2.45, 2.75) is 37.1 Å². The molecule has 7 heteroatoms. The molecule has 0 atom stereocenters. The number of aryl methyl sites for hydroxylation is 3. The highest BCUT2D eigenvalue weighted by atomic mass is 32.2. The summed E-state index contributed by atoms with van der Waals surface area (Å²) in [6.07, 6.45) is 1.19. The first-order valence-electron chi connectivity index (χ1n) is 8.01. The zero-order chi connectivity index (χ0) is 19.2. The van der Waals surface area contributed by atoms with E-state index >= 15 is 0 Å². The molecule has 0 aliphatic rings. The van der Waals surface area contributed by atoms with Crippen molar-refractivity contribution in [3.8, 4) is 0 Å². The quantitative estimate of drug-likeness (QED) is 0.699. The summed E-state index contributed by atoms with van der Waals surface area (Å²) in [6, 6.07) is 6.59. The van der Waals surface area contributed by atoms with Crippen molar-refractivity contribution in [3.05, 3.63) is 69.5 Å². The lowest BCUT2D eigenvalue weighted by atomic mass is 10.2. The van der Waals surface area contributed by atoms with Crippen LogP contribution in [0.25, 0.3) is 10.9 Å². The van der Waals surface area contributed by atoms with Crippen molar-refractivity contribution in [2.24, 2.45) is 0 Å². The summed E-state index contributed by atoms with van der Waals surface area (Å²) in [5.74, 6) is -2.29. The van der Waals surface area contributed by atoms with Crippen LogP contribution in [0.1, 0.15) is 18.1 Å². The van der Waals surface area contributed by atoms with Gasteiger partial charge in [0.15, 0.2) is 11.6 Å². The van der Waals surface area contributed by atoms with E-state index in [2.05, 4.69) is 0 Å². The summed E-state index contributed by atoms with van der Waals surface area (Å²) in [6.45, 7) is 5.40. The maximum atomic E-state index is 13.7. The number of hydrogen-bond donors (Lipinski definition) is 0. The Morgan fingerprint density at radius 2 is 1.65 bits per heavy atom. The number of aromatic nitrogens is 1. The van der Waals surface area contributed by atoms with Crippen molar-refractivity contribution in [1.29, 1.82) is 0 Å². The Morgan fingerprint density at radius 1 is 1.00 bits per heavy atom. The van der Waals surface area contributed by atoms with Crippen LogP contribution in [0.5, 0.6) is 0 Å². The third-order valence-electron chi connectivity index (χ3n) is 4.35. The second-order valence-corrected chi connectivity index (χ2v) is 8.05. The molecule has 2 aromatic carbocycles. The summed E-state index contributed by atoms with van der Waals surface area (Å²) >= 11 is 0. The molecule has 0 unspecified atom stereocenters. The van der Waals surface area contributed by atoms with Crippen LogP contribution < -0.4 is 5.43 Å². The van der Waals surface area contributed by atoms with E-state index in [1.165, 1.54) is 16.8 Å². The van der Waals surface area contributed by atoms with Gasteiger partial charge in [-0.05, 0) is 44.0 Å². The first kappa shape index (κ1) is 18.3. The third kappa shape index (κ3) is 2.82. The third-order valence-corrected chi connectivity index (χ3v) is 6.24. The number of pyridine rings is 1. The van der Waals surface area contributed by atoms with E-state index in [1.807, 2.05) is 0 Å². The topological polar surface area (TPSA) is 56.1 Å². The fourth-order valence-electron chi connectivity index (χ4n) is 2.93. The Kier molecular flexibility index (Phi) is 4.44. The van der Waals surface area contributed by atoms with Crippen LogP contribution in [0.3, 0.4) is 0 Å². The highest BCUT2D eigenvalue weighted by Gasteiger charge is 2.26. The molecule has 0 saturated heterocycles. The highest BCUT2D eigenvalue weighted by molar-refractivity contribution is 7.91. The van der Waals surface area contributed by atoms with Crippen LogP contribution in [0.15, 0.2) is 51.1 Å². The Morgan fingerprint density at radius 3 is 2.31 bits per heavy atom. The minimum atomic E-state index is -4.12. The van der Waals surface area contributed by atoms with Gasteiger partial charge in [0.05, 0.1) is 15.8 Å². The van der Waals surface area contributed by atoms with Gasteiger partial charge in [0, 0.05) is 18.8 Å². The van der Waals surface area contributed by atoms with Crippen molar-refractivity contribution in [2.75, 3.05) is 0 Å². The molecule has 4 nitrogen and oxygen atoms in total. The van der Waals surface area contributed by atoms with Crippen LogP contribution in [0, 0.1) is 25.5 Å². The van der Waals surface area contributed by atoms with Crippen LogP contribution in [0.4, 0.5) is 8.78 Å². The summed E-state index contributed by atoms with van der Waals surface area (Å²) in [5.41, 5.74) is 0.545. The maximum Gasteiger partial charge on any atom is 0.212 e. The molecule has 3 rings (SSSR count). The standard InChI is InChI=1S/C19H17F2NO3S/c1-4-22-10-18(19(23)13-8-14(20)15(21)9-16(13)22)26(24,25)17-7-11(2)5-6-12(17)3/h5-10H,4H2,1-3H3. The van der Waals surface area contributed by atoms with Crippen LogP contribution in [0.2, 0.25) is 0 Å². The predicted molar refractivity (Wildman–Crippen MR) is 95.2 cm³/mol. The predicted octanol–water partition coefficient (Wildman–Crippen LogP) is 3.75. The van der Waals surface area contributed by atoms with E-state index in [0.29, 0.717) is 5.56 Å². The van der Waals surface area contributed by atoms with Crippen molar-refractivity contribution < 1.29 is 17.2 Å². The zero-order valence-electron chi connectivity index (χ0n) is 14.5. The van der Waals surface area contributed by atoms with Crippen molar-refractivity contribution >= 4 is 20.7 Å².